The van der Waals surface area contributed by atoms with Crippen LogP contribution < -0.4 is 5.73 Å². The topological polar surface area (TPSA) is 172 Å². The highest BCUT2D eigenvalue weighted by Crippen LogP contribution is 2.23. The van der Waals surface area contributed by atoms with Gasteiger partial charge < -0.3 is 5.73 Å². The zero-order chi connectivity index (χ0) is 19.8. The molecule has 0 spiro atoms. The first kappa shape index (κ1) is 18.7. The Hall–Kier alpha value is -3.06. The number of hydrogen-bond acceptors (Lipinski definition) is 11. The largest absolute Gasteiger partial charge is 0.368 e. The Labute approximate surface area is 154 Å². The van der Waals surface area contributed by atoms with Gasteiger partial charge in [0.2, 0.25) is 35.9 Å². The number of nitrogens with zero attached hydrogens (tertiary/aromatic N) is 6. The Morgan fingerprint density at radius 2 is 1.11 bits per heavy atom. The van der Waals surface area contributed by atoms with Crippen LogP contribution in [0.1, 0.15) is 0 Å². The van der Waals surface area contributed by atoms with Gasteiger partial charge in [0.15, 0.2) is 0 Å². The molecule has 3 aromatic rings. The summed E-state index contributed by atoms with van der Waals surface area (Å²) in [6, 6.07) is 4.38. The van der Waals surface area contributed by atoms with Crippen LogP contribution in [0.5, 0.6) is 0 Å². The second-order valence-corrected chi connectivity index (χ2v) is 9.31. The molecule has 3 rings (SSSR count). The van der Waals surface area contributed by atoms with E-state index in [1.165, 1.54) is 30.6 Å². The smallest absolute Gasteiger partial charge is 0.247 e. The first-order chi connectivity index (χ1) is 12.5. The van der Waals surface area contributed by atoms with Crippen LogP contribution in [-0.4, -0.2) is 59.3 Å². The van der Waals surface area contributed by atoms with Gasteiger partial charge >= 0.3 is 0 Å². The summed E-state index contributed by atoms with van der Waals surface area (Å²) in [5, 5.41) is -0.722. The Morgan fingerprint density at radius 3 is 1.48 bits per heavy atom. The van der Waals surface area contributed by atoms with Crippen molar-refractivity contribution in [1.82, 2.24) is 29.9 Å². The van der Waals surface area contributed by atoms with Gasteiger partial charge in [-0.05, 0) is 18.2 Å². The molecule has 0 saturated heterocycles. The second-order valence-electron chi connectivity index (χ2n) is 5.49. The summed E-state index contributed by atoms with van der Waals surface area (Å²) < 4.78 is 46.6. The van der Waals surface area contributed by atoms with Gasteiger partial charge in [-0.2, -0.15) is 0 Å². The number of anilines is 1. The number of sulfone groups is 2. The highest BCUT2D eigenvalue weighted by molar-refractivity contribution is 7.90. The van der Waals surface area contributed by atoms with Gasteiger partial charge in [-0.1, -0.05) is 0 Å². The summed E-state index contributed by atoms with van der Waals surface area (Å²) in [5.74, 6) is -0.124. The maximum Gasteiger partial charge on any atom is 0.247 e. The van der Waals surface area contributed by atoms with Gasteiger partial charge in [0, 0.05) is 24.9 Å². The third-order valence-corrected chi connectivity index (χ3v) is 4.92. The molecule has 2 N–H and O–H groups in total. The van der Waals surface area contributed by atoms with Crippen LogP contribution in [0.15, 0.2) is 40.9 Å². The fourth-order valence-corrected chi connectivity index (χ4v) is 3.09. The molecular weight excluding hydrogens is 394 g/mol. The average molecular weight is 407 g/mol. The van der Waals surface area contributed by atoms with E-state index in [0.717, 1.165) is 12.5 Å². The first-order valence-corrected chi connectivity index (χ1v) is 11.0. The van der Waals surface area contributed by atoms with Crippen LogP contribution in [0.4, 0.5) is 5.95 Å². The molecule has 11 nitrogen and oxygen atoms in total. The minimum atomic E-state index is -3.61. The molecule has 0 unspecified atom stereocenters. The molecule has 27 heavy (non-hydrogen) atoms. The lowest BCUT2D eigenvalue weighted by atomic mass is 10.2. The average Bonchev–Trinajstić information content (AvgIpc) is 2.60. The van der Waals surface area contributed by atoms with Crippen LogP contribution in [0.3, 0.4) is 0 Å². The summed E-state index contributed by atoms with van der Waals surface area (Å²) in [5.41, 5.74) is 6.60. The van der Waals surface area contributed by atoms with Gasteiger partial charge in [-0.3, -0.25) is 0 Å². The number of nitrogens with two attached hydrogens (primary N) is 1. The number of hydrogen-bond donors (Lipinski definition) is 1. The van der Waals surface area contributed by atoms with Crippen molar-refractivity contribution in [3.8, 4) is 22.8 Å². The first-order valence-electron chi connectivity index (χ1n) is 7.25. The highest BCUT2D eigenvalue weighted by atomic mass is 32.2. The van der Waals surface area contributed by atoms with E-state index < -0.39 is 19.7 Å². The Morgan fingerprint density at radius 1 is 0.704 bits per heavy atom. The van der Waals surface area contributed by atoms with Crippen molar-refractivity contribution in [1.29, 1.82) is 0 Å². The van der Waals surface area contributed by atoms with E-state index >= 15 is 0 Å². The molecule has 3 aromatic heterocycles. The zero-order valence-electron chi connectivity index (χ0n) is 14.1. The minimum Gasteiger partial charge on any atom is -0.368 e. The number of nitrogen functional groups attached to an aromatic ring is 1. The van der Waals surface area contributed by atoms with Crippen molar-refractivity contribution < 1.29 is 16.8 Å². The van der Waals surface area contributed by atoms with Crippen molar-refractivity contribution in [2.75, 3.05) is 18.2 Å². The SMILES string of the molecule is CS(=O)(=O)c1nccc(-c2cc(-c3ccnc(S(C)(=O)=O)n3)nc(N)n2)n1. The van der Waals surface area contributed by atoms with Gasteiger partial charge in [-0.15, -0.1) is 0 Å². The van der Waals surface area contributed by atoms with Crippen molar-refractivity contribution in [3.05, 3.63) is 30.6 Å². The van der Waals surface area contributed by atoms with E-state index in [1.54, 1.807) is 0 Å². The summed E-state index contributed by atoms with van der Waals surface area (Å²) in [7, 11) is -7.22. The molecule has 0 aromatic carbocycles. The van der Waals surface area contributed by atoms with Crippen LogP contribution in [0.25, 0.3) is 22.8 Å². The van der Waals surface area contributed by atoms with E-state index in [2.05, 4.69) is 29.9 Å². The minimum absolute atomic E-state index is 0.124. The maximum atomic E-state index is 11.6. The lowest BCUT2D eigenvalue weighted by Gasteiger charge is -2.07. The molecule has 0 fully saturated rings. The molecule has 3 heterocycles. The van der Waals surface area contributed by atoms with E-state index in [4.69, 9.17) is 5.73 Å². The monoisotopic (exact) mass is 407 g/mol. The fourth-order valence-electron chi connectivity index (χ4n) is 2.05. The highest BCUT2D eigenvalue weighted by Gasteiger charge is 2.16. The molecule has 0 atom stereocenters. The molecule has 0 saturated carbocycles. The molecule has 140 valence electrons. The van der Waals surface area contributed by atoms with E-state index in [1.807, 2.05) is 0 Å². The van der Waals surface area contributed by atoms with Gasteiger partial charge in [0.25, 0.3) is 0 Å². The predicted octanol–water partition coefficient (Wildman–Crippen LogP) is -0.220. The van der Waals surface area contributed by atoms with Crippen molar-refractivity contribution in [2.24, 2.45) is 0 Å². The summed E-state index contributed by atoms with van der Waals surface area (Å²) >= 11 is 0. The molecule has 0 bridgehead atoms. The lowest BCUT2D eigenvalue weighted by Crippen LogP contribution is -2.07. The number of rotatable bonds is 4. The summed E-state index contributed by atoms with van der Waals surface area (Å²) in [6.45, 7) is 0. The molecule has 0 aliphatic carbocycles. The Kier molecular flexibility index (Phi) is 4.57. The molecular formula is C14H13N7O4S2. The third kappa shape index (κ3) is 4.20. The zero-order valence-corrected chi connectivity index (χ0v) is 15.7. The van der Waals surface area contributed by atoms with E-state index in [0.29, 0.717) is 0 Å². The van der Waals surface area contributed by atoms with Gasteiger partial charge in [0.1, 0.15) is 0 Å². The van der Waals surface area contributed by atoms with Crippen LogP contribution in [-0.2, 0) is 19.7 Å². The van der Waals surface area contributed by atoms with Crippen LogP contribution in [0, 0.1) is 0 Å². The molecule has 0 radical (unpaired) electrons. The quantitative estimate of drug-likeness (QED) is 0.566. The molecule has 0 aliphatic heterocycles. The molecule has 0 aliphatic rings. The lowest BCUT2D eigenvalue weighted by molar-refractivity contribution is 0.591. The van der Waals surface area contributed by atoms with E-state index in [-0.39, 0.29) is 39.0 Å². The van der Waals surface area contributed by atoms with Crippen molar-refractivity contribution >= 4 is 25.6 Å². The maximum absolute atomic E-state index is 11.6. The van der Waals surface area contributed by atoms with E-state index in [9.17, 15) is 16.8 Å². The molecule has 0 amide bonds. The Bertz CT molecular complexity index is 1150. The summed E-state index contributed by atoms with van der Waals surface area (Å²) in [6.07, 6.45) is 4.53. The molecule has 13 heteroatoms. The second kappa shape index (κ2) is 6.59. The Balaban J connectivity index is 2.14. The van der Waals surface area contributed by atoms with Crippen LogP contribution in [0.2, 0.25) is 0 Å². The number of aromatic nitrogens is 6. The van der Waals surface area contributed by atoms with Gasteiger partial charge in [0.05, 0.1) is 22.8 Å². The summed E-state index contributed by atoms with van der Waals surface area (Å²) in [4.78, 5) is 23.5. The third-order valence-electron chi connectivity index (χ3n) is 3.20. The standard InChI is InChI=1S/C14H13N7O4S2/c1-26(22,23)13-16-5-3-8(20-13)10-7-11(19-12(15)18-10)9-4-6-17-14(21-9)27(2,24)25/h3-7H,1-2H3,(H2,15,18,19). The van der Waals surface area contributed by atoms with Crippen LogP contribution >= 0.6 is 0 Å². The van der Waals surface area contributed by atoms with Crippen molar-refractivity contribution in [3.63, 3.8) is 0 Å². The van der Waals surface area contributed by atoms with Crippen molar-refractivity contribution in [2.45, 2.75) is 10.3 Å². The normalized spacial score (nSPS) is 12.1. The fraction of sp³-hybridized carbons (Fsp3) is 0.143. The predicted molar refractivity (Wildman–Crippen MR) is 94.7 cm³/mol. The van der Waals surface area contributed by atoms with Gasteiger partial charge in [-0.25, -0.2) is 46.7 Å².